The van der Waals surface area contributed by atoms with Crippen molar-refractivity contribution < 1.29 is 22.4 Å². The van der Waals surface area contributed by atoms with Gasteiger partial charge >= 0.3 is 6.01 Å². The number of ether oxygens (including phenoxy) is 1. The van der Waals surface area contributed by atoms with Crippen LogP contribution in [0.25, 0.3) is 11.5 Å². The molecule has 168 valence electrons. The Kier molecular flexibility index (Phi) is 6.58. The van der Waals surface area contributed by atoms with Gasteiger partial charge in [0.1, 0.15) is 5.75 Å². The van der Waals surface area contributed by atoms with Crippen molar-refractivity contribution in [3.05, 3.63) is 53.0 Å². The normalized spacial score (nSPS) is 15.4. The van der Waals surface area contributed by atoms with E-state index in [0.717, 1.165) is 10.0 Å². The van der Waals surface area contributed by atoms with Crippen LogP contribution in [0.15, 0.2) is 62.3 Å². The molecule has 0 unspecified atom stereocenters. The van der Waals surface area contributed by atoms with Crippen molar-refractivity contribution in [3.8, 4) is 17.2 Å². The fourth-order valence-corrected chi connectivity index (χ4v) is 5.34. The molecule has 1 aliphatic heterocycles. The summed E-state index contributed by atoms with van der Waals surface area (Å²) in [5, 5.41) is 10.5. The van der Waals surface area contributed by atoms with Gasteiger partial charge in [-0.05, 0) is 55.3 Å². The summed E-state index contributed by atoms with van der Waals surface area (Å²) in [6, 6.07) is 13.6. The van der Waals surface area contributed by atoms with Crippen molar-refractivity contribution in [2.24, 2.45) is 5.92 Å². The van der Waals surface area contributed by atoms with Crippen LogP contribution in [0.4, 0.5) is 6.01 Å². The van der Waals surface area contributed by atoms with E-state index in [-0.39, 0.29) is 35.8 Å². The Morgan fingerprint density at radius 1 is 1.16 bits per heavy atom. The molecule has 0 radical (unpaired) electrons. The van der Waals surface area contributed by atoms with Crippen LogP contribution in [0.3, 0.4) is 0 Å². The van der Waals surface area contributed by atoms with Gasteiger partial charge in [-0.3, -0.25) is 10.1 Å². The van der Waals surface area contributed by atoms with Gasteiger partial charge in [-0.2, -0.15) is 4.31 Å². The molecule has 3 aromatic rings. The zero-order chi connectivity index (χ0) is 22.7. The number of sulfonamides is 1. The largest absolute Gasteiger partial charge is 0.497 e. The van der Waals surface area contributed by atoms with E-state index in [0.29, 0.717) is 24.5 Å². The molecule has 0 bridgehead atoms. The number of benzene rings is 2. The van der Waals surface area contributed by atoms with Gasteiger partial charge in [0.15, 0.2) is 0 Å². The number of nitrogens with one attached hydrogen (secondary N) is 1. The third-order valence-electron chi connectivity index (χ3n) is 5.25. The van der Waals surface area contributed by atoms with E-state index in [4.69, 9.17) is 9.15 Å². The van der Waals surface area contributed by atoms with E-state index in [9.17, 15) is 13.2 Å². The third-order valence-corrected chi connectivity index (χ3v) is 7.65. The first-order valence-corrected chi connectivity index (χ1v) is 12.1. The zero-order valence-electron chi connectivity index (χ0n) is 17.2. The minimum atomic E-state index is -3.62. The second-order valence-corrected chi connectivity index (χ2v) is 10.1. The zero-order valence-corrected chi connectivity index (χ0v) is 19.6. The van der Waals surface area contributed by atoms with Crippen molar-refractivity contribution in [1.29, 1.82) is 0 Å². The first-order chi connectivity index (χ1) is 15.4. The summed E-state index contributed by atoms with van der Waals surface area (Å²) in [7, 11) is -2.10. The third kappa shape index (κ3) is 4.84. The van der Waals surface area contributed by atoms with Crippen LogP contribution in [-0.2, 0) is 14.8 Å². The minimum Gasteiger partial charge on any atom is -0.497 e. The van der Waals surface area contributed by atoms with E-state index in [1.165, 1.54) is 23.5 Å². The maximum Gasteiger partial charge on any atom is 0.322 e. The lowest BCUT2D eigenvalue weighted by molar-refractivity contribution is -0.121. The molecular formula is C21H21BrN4O5S. The maximum absolute atomic E-state index is 12.9. The van der Waals surface area contributed by atoms with E-state index < -0.39 is 10.0 Å². The second-order valence-electron chi connectivity index (χ2n) is 7.27. The topological polar surface area (TPSA) is 115 Å². The van der Waals surface area contributed by atoms with Crippen LogP contribution in [0, 0.1) is 5.92 Å². The van der Waals surface area contributed by atoms with Crippen LogP contribution in [0.1, 0.15) is 12.8 Å². The first-order valence-electron chi connectivity index (χ1n) is 9.91. The SMILES string of the molecule is COc1ccc(S(=O)(=O)N2CCC(C(=O)Nc3nnc(-c4cccc(Br)c4)o3)CC2)cc1. The number of piperidine rings is 1. The highest BCUT2D eigenvalue weighted by Crippen LogP contribution is 2.27. The summed E-state index contributed by atoms with van der Waals surface area (Å²) in [5.74, 6) is 0.264. The summed E-state index contributed by atoms with van der Waals surface area (Å²) in [6.45, 7) is 0.499. The van der Waals surface area contributed by atoms with Crippen molar-refractivity contribution in [2.45, 2.75) is 17.7 Å². The highest BCUT2D eigenvalue weighted by molar-refractivity contribution is 9.10. The average Bonchev–Trinajstić information content (AvgIpc) is 3.27. The maximum atomic E-state index is 12.9. The lowest BCUT2D eigenvalue weighted by Gasteiger charge is -2.30. The summed E-state index contributed by atoms with van der Waals surface area (Å²) in [4.78, 5) is 12.8. The van der Waals surface area contributed by atoms with Crippen LogP contribution < -0.4 is 10.1 Å². The number of nitrogens with zero attached hydrogens (tertiary/aromatic N) is 3. The number of hydrogen-bond donors (Lipinski definition) is 1. The highest BCUT2D eigenvalue weighted by atomic mass is 79.9. The molecule has 1 aliphatic rings. The molecular weight excluding hydrogens is 500 g/mol. The standard InChI is InChI=1S/C21H21BrN4O5S/c1-30-17-5-7-18(8-6-17)32(28,29)26-11-9-14(10-12-26)19(27)23-21-25-24-20(31-21)15-3-2-4-16(22)13-15/h2-8,13-14H,9-12H2,1H3,(H,23,25,27). The van der Waals surface area contributed by atoms with Crippen LogP contribution in [0.2, 0.25) is 0 Å². The van der Waals surface area contributed by atoms with E-state index in [1.807, 2.05) is 24.3 Å². The number of aromatic nitrogens is 2. The molecule has 1 saturated heterocycles. The molecule has 2 aromatic carbocycles. The second kappa shape index (κ2) is 9.39. The Hall–Kier alpha value is -2.76. The minimum absolute atomic E-state index is 0.0123. The average molecular weight is 521 g/mol. The fourth-order valence-electron chi connectivity index (χ4n) is 3.47. The Balaban J connectivity index is 1.35. The summed E-state index contributed by atoms with van der Waals surface area (Å²) in [5.41, 5.74) is 0.726. The van der Waals surface area contributed by atoms with Crippen LogP contribution in [0.5, 0.6) is 5.75 Å². The predicted octanol–water partition coefficient (Wildman–Crippen LogP) is 3.55. The first kappa shape index (κ1) is 22.4. The monoisotopic (exact) mass is 520 g/mol. The number of anilines is 1. The van der Waals surface area contributed by atoms with Gasteiger partial charge in [0.25, 0.3) is 0 Å². The van der Waals surface area contributed by atoms with E-state index in [2.05, 4.69) is 31.4 Å². The number of hydrogen-bond acceptors (Lipinski definition) is 7. The van der Waals surface area contributed by atoms with Gasteiger partial charge in [-0.25, -0.2) is 8.42 Å². The lowest BCUT2D eigenvalue weighted by atomic mass is 9.97. The van der Waals surface area contributed by atoms with Gasteiger partial charge in [-0.15, -0.1) is 5.10 Å². The summed E-state index contributed by atoms with van der Waals surface area (Å²) in [6.07, 6.45) is 0.793. The summed E-state index contributed by atoms with van der Waals surface area (Å²) < 4.78 is 38.6. The molecule has 0 saturated carbocycles. The Morgan fingerprint density at radius 3 is 2.53 bits per heavy atom. The molecule has 32 heavy (non-hydrogen) atoms. The molecule has 1 amide bonds. The van der Waals surface area contributed by atoms with E-state index in [1.54, 1.807) is 12.1 Å². The van der Waals surface area contributed by atoms with Crippen molar-refractivity contribution in [3.63, 3.8) is 0 Å². The molecule has 1 fully saturated rings. The number of carbonyl (C=O) groups is 1. The van der Waals surface area contributed by atoms with Gasteiger partial charge in [-0.1, -0.05) is 27.1 Å². The molecule has 0 atom stereocenters. The Bertz CT molecular complexity index is 1200. The Labute approximate surface area is 194 Å². The number of rotatable bonds is 6. The van der Waals surface area contributed by atoms with Crippen LogP contribution >= 0.6 is 15.9 Å². The molecule has 0 spiro atoms. The predicted molar refractivity (Wildman–Crippen MR) is 121 cm³/mol. The number of halogens is 1. The molecule has 11 heteroatoms. The summed E-state index contributed by atoms with van der Waals surface area (Å²) >= 11 is 3.39. The molecule has 9 nitrogen and oxygen atoms in total. The number of methoxy groups -OCH3 is 1. The van der Waals surface area contributed by atoms with Crippen LogP contribution in [-0.4, -0.2) is 49.0 Å². The van der Waals surface area contributed by atoms with Gasteiger partial charge in [0, 0.05) is 29.0 Å². The molecule has 1 N–H and O–H groups in total. The number of amides is 1. The highest BCUT2D eigenvalue weighted by Gasteiger charge is 2.32. The van der Waals surface area contributed by atoms with Gasteiger partial charge in [0.05, 0.1) is 12.0 Å². The fraction of sp³-hybridized carbons (Fsp3) is 0.286. The van der Waals surface area contributed by atoms with E-state index >= 15 is 0 Å². The van der Waals surface area contributed by atoms with Gasteiger partial charge < -0.3 is 9.15 Å². The lowest BCUT2D eigenvalue weighted by Crippen LogP contribution is -2.41. The van der Waals surface area contributed by atoms with Crippen molar-refractivity contribution in [2.75, 3.05) is 25.5 Å². The molecule has 0 aliphatic carbocycles. The molecule has 4 rings (SSSR count). The van der Waals surface area contributed by atoms with Crippen molar-refractivity contribution in [1.82, 2.24) is 14.5 Å². The Morgan fingerprint density at radius 2 is 1.88 bits per heavy atom. The quantitative estimate of drug-likeness (QED) is 0.528. The van der Waals surface area contributed by atoms with Crippen molar-refractivity contribution >= 4 is 37.9 Å². The molecule has 2 heterocycles. The number of carbonyl (C=O) groups excluding carboxylic acids is 1. The van der Waals surface area contributed by atoms with Gasteiger partial charge in [0.2, 0.25) is 21.8 Å². The molecule has 1 aromatic heterocycles. The smallest absolute Gasteiger partial charge is 0.322 e.